The van der Waals surface area contributed by atoms with Crippen molar-refractivity contribution in [3.8, 4) is 11.5 Å². The summed E-state index contributed by atoms with van der Waals surface area (Å²) in [4.78, 5) is 15.2. The fraction of sp³-hybridized carbons (Fsp3) is 0.0652. The van der Waals surface area contributed by atoms with Crippen LogP contribution in [-0.4, -0.2) is 20.0 Å². The second-order valence-corrected chi connectivity index (χ2v) is 12.6. The minimum absolute atomic E-state index is 0.0302. The highest BCUT2D eigenvalue weighted by molar-refractivity contribution is 6.27. The molecule has 3 aliphatic rings. The lowest BCUT2D eigenvalue weighted by molar-refractivity contribution is 0.103. The van der Waals surface area contributed by atoms with Gasteiger partial charge in [0.25, 0.3) is 0 Å². The van der Waals surface area contributed by atoms with E-state index in [9.17, 15) is 0 Å². The molecule has 0 heterocycles. The third-order valence-corrected chi connectivity index (χ3v) is 10.3. The van der Waals surface area contributed by atoms with Crippen LogP contribution in [0.15, 0.2) is 169 Å². The number of methoxy groups -OCH3 is 2. The molecule has 3 heteroatoms. The van der Waals surface area contributed by atoms with E-state index < -0.39 is 5.41 Å². The number of para-hydroxylation sites is 2. The maximum atomic E-state index is 15.2. The summed E-state index contributed by atoms with van der Waals surface area (Å²) < 4.78 is 11.9. The van der Waals surface area contributed by atoms with Gasteiger partial charge in [-0.1, -0.05) is 140 Å². The van der Waals surface area contributed by atoms with Gasteiger partial charge in [0.1, 0.15) is 11.5 Å². The quantitative estimate of drug-likeness (QED) is 0.183. The second kappa shape index (κ2) is 11.2. The molecule has 234 valence electrons. The third-order valence-electron chi connectivity index (χ3n) is 10.3. The zero-order chi connectivity index (χ0) is 33.1. The normalized spacial score (nSPS) is 16.7. The molecule has 0 spiro atoms. The van der Waals surface area contributed by atoms with Crippen LogP contribution >= 0.6 is 0 Å². The van der Waals surface area contributed by atoms with Gasteiger partial charge in [-0.2, -0.15) is 0 Å². The first-order chi connectivity index (χ1) is 24.2. The smallest absolute Gasteiger partial charge is 0.194 e. The summed E-state index contributed by atoms with van der Waals surface area (Å²) in [7, 11) is 3.39. The number of hydrogen-bond donors (Lipinski definition) is 0. The van der Waals surface area contributed by atoms with E-state index >= 15 is 4.79 Å². The van der Waals surface area contributed by atoms with Crippen molar-refractivity contribution in [2.75, 3.05) is 14.2 Å². The third kappa shape index (κ3) is 3.99. The highest BCUT2D eigenvalue weighted by Crippen LogP contribution is 2.64. The Labute approximate surface area is 286 Å². The predicted molar refractivity (Wildman–Crippen MR) is 196 cm³/mol. The highest BCUT2D eigenvalue weighted by Gasteiger charge is 2.55. The highest BCUT2D eigenvalue weighted by atomic mass is 16.5. The van der Waals surface area contributed by atoms with Crippen molar-refractivity contribution in [1.82, 2.24) is 0 Å². The number of carbonyl (C=O) groups is 1. The number of ether oxygens (including phenoxy) is 2. The molecule has 0 fully saturated rings. The Morgan fingerprint density at radius 2 is 1.00 bits per heavy atom. The predicted octanol–water partition coefficient (Wildman–Crippen LogP) is 9.95. The molecule has 3 aliphatic carbocycles. The minimum Gasteiger partial charge on any atom is -0.496 e. The molecule has 0 unspecified atom stereocenters. The Morgan fingerprint density at radius 3 is 1.63 bits per heavy atom. The molecule has 9 rings (SSSR count). The van der Waals surface area contributed by atoms with Crippen molar-refractivity contribution in [2.24, 2.45) is 0 Å². The Kier molecular flexibility index (Phi) is 6.63. The Bertz CT molecular complexity index is 2380. The van der Waals surface area contributed by atoms with Crippen LogP contribution in [0.25, 0.3) is 16.7 Å². The molecule has 0 bridgehead atoms. The van der Waals surface area contributed by atoms with Crippen LogP contribution in [0.4, 0.5) is 0 Å². The van der Waals surface area contributed by atoms with Gasteiger partial charge < -0.3 is 9.47 Å². The van der Waals surface area contributed by atoms with Gasteiger partial charge in [0.05, 0.1) is 19.6 Å². The molecule has 6 aromatic rings. The topological polar surface area (TPSA) is 35.5 Å². The lowest BCUT2D eigenvalue weighted by atomic mass is 9.58. The van der Waals surface area contributed by atoms with Crippen LogP contribution in [0.2, 0.25) is 0 Å². The summed E-state index contributed by atoms with van der Waals surface area (Å²) in [5.41, 5.74) is 13.2. The van der Waals surface area contributed by atoms with Crippen molar-refractivity contribution in [1.29, 1.82) is 0 Å². The van der Waals surface area contributed by atoms with Gasteiger partial charge in [0.15, 0.2) is 5.78 Å². The van der Waals surface area contributed by atoms with Crippen molar-refractivity contribution in [2.45, 2.75) is 5.41 Å². The Hall–Kier alpha value is -6.19. The fourth-order valence-electron chi connectivity index (χ4n) is 8.41. The molecule has 0 aliphatic heterocycles. The first-order valence-corrected chi connectivity index (χ1v) is 16.6. The molecule has 49 heavy (non-hydrogen) atoms. The molecule has 0 saturated heterocycles. The molecule has 6 aromatic carbocycles. The summed E-state index contributed by atoms with van der Waals surface area (Å²) >= 11 is 0. The van der Waals surface area contributed by atoms with Gasteiger partial charge in [-0.3, -0.25) is 4.79 Å². The Balaban J connectivity index is 1.49. The van der Waals surface area contributed by atoms with Gasteiger partial charge in [0, 0.05) is 22.3 Å². The van der Waals surface area contributed by atoms with E-state index in [4.69, 9.17) is 9.47 Å². The number of fused-ring (bicyclic) bond motifs is 7. The van der Waals surface area contributed by atoms with Crippen molar-refractivity contribution in [3.05, 3.63) is 219 Å². The monoisotopic (exact) mass is 632 g/mol. The van der Waals surface area contributed by atoms with Gasteiger partial charge in [-0.15, -0.1) is 0 Å². The summed E-state index contributed by atoms with van der Waals surface area (Å²) in [5, 5.41) is 0. The number of Topliss-reactive ketones (excluding diaryl/α,β-unsaturated/α-hetero) is 1. The zero-order valence-electron chi connectivity index (χ0n) is 27.2. The van der Waals surface area contributed by atoms with Gasteiger partial charge in [-0.05, 0) is 73.9 Å². The maximum Gasteiger partial charge on any atom is 0.194 e. The Morgan fingerprint density at radius 1 is 0.510 bits per heavy atom. The van der Waals surface area contributed by atoms with Gasteiger partial charge >= 0.3 is 0 Å². The number of rotatable bonds is 6. The number of benzene rings is 6. The molecule has 0 N–H and O–H groups in total. The van der Waals surface area contributed by atoms with E-state index in [-0.39, 0.29) is 5.78 Å². The fourth-order valence-corrected chi connectivity index (χ4v) is 8.41. The second-order valence-electron chi connectivity index (χ2n) is 12.6. The first kappa shape index (κ1) is 29.0. The summed E-state index contributed by atoms with van der Waals surface area (Å²) in [6.45, 7) is 0. The van der Waals surface area contributed by atoms with Crippen LogP contribution < -0.4 is 9.47 Å². The van der Waals surface area contributed by atoms with E-state index in [1.807, 2.05) is 54.6 Å². The SMILES string of the molecule is COc1ccccc1C(=CC1=C2C(=O)c3ccccc3C3=C2[C@@](c2ccccc2)(c2ccccc21)c1ccccc13)c1ccccc1OC. The van der Waals surface area contributed by atoms with Crippen molar-refractivity contribution in [3.63, 3.8) is 0 Å². The van der Waals surface area contributed by atoms with E-state index in [1.54, 1.807) is 14.2 Å². The van der Waals surface area contributed by atoms with Crippen LogP contribution in [0.1, 0.15) is 54.9 Å². The van der Waals surface area contributed by atoms with E-state index in [2.05, 4.69) is 103 Å². The number of carbonyl (C=O) groups excluding carboxylic acids is 1. The molecule has 0 radical (unpaired) electrons. The number of ketones is 1. The van der Waals surface area contributed by atoms with Gasteiger partial charge in [0.2, 0.25) is 0 Å². The minimum atomic E-state index is -0.686. The van der Waals surface area contributed by atoms with Crippen molar-refractivity contribution < 1.29 is 14.3 Å². The molecule has 0 aromatic heterocycles. The van der Waals surface area contributed by atoms with Gasteiger partial charge in [-0.25, -0.2) is 0 Å². The molecular formula is C46H32O3. The molecule has 3 nitrogen and oxygen atoms in total. The van der Waals surface area contributed by atoms with Crippen LogP contribution in [-0.2, 0) is 5.41 Å². The maximum absolute atomic E-state index is 15.2. The molecule has 1 atom stereocenters. The number of hydrogen-bond acceptors (Lipinski definition) is 3. The zero-order valence-corrected chi connectivity index (χ0v) is 27.2. The lowest BCUT2D eigenvalue weighted by Crippen LogP contribution is -2.37. The molecule has 0 saturated carbocycles. The summed E-state index contributed by atoms with van der Waals surface area (Å²) in [6.07, 6.45) is 2.19. The van der Waals surface area contributed by atoms with E-state index in [0.717, 1.165) is 83.9 Å². The van der Waals surface area contributed by atoms with E-state index in [1.165, 1.54) is 5.56 Å². The van der Waals surface area contributed by atoms with Crippen molar-refractivity contribution >= 4 is 22.5 Å². The average Bonchev–Trinajstić information content (AvgIpc) is 3.49. The van der Waals surface area contributed by atoms with Crippen LogP contribution in [0.5, 0.6) is 11.5 Å². The largest absolute Gasteiger partial charge is 0.496 e. The molecule has 0 amide bonds. The molecular weight excluding hydrogens is 601 g/mol. The number of allylic oxidation sites excluding steroid dienone is 4. The lowest BCUT2D eigenvalue weighted by Gasteiger charge is -2.43. The average molecular weight is 633 g/mol. The van der Waals surface area contributed by atoms with Crippen LogP contribution in [0, 0.1) is 0 Å². The summed E-state index contributed by atoms with van der Waals surface area (Å²) in [5.74, 6) is 1.51. The first-order valence-electron chi connectivity index (χ1n) is 16.6. The standard InChI is InChI=1S/C46H32O3/c1-48-40-26-14-10-19-31(40)36(32-20-11-15-27-41(32)49-2)28-37-30-18-8-12-24-38(30)46(29-16-4-3-5-17-29)39-25-13-9-23-35(39)42-33-21-6-7-22-34(33)45(47)43(37)44(42)46/h3-28H,1-2H3/t46-/m0/s1. The van der Waals surface area contributed by atoms with Crippen LogP contribution in [0.3, 0.4) is 0 Å². The summed E-state index contributed by atoms with van der Waals surface area (Å²) in [6, 6.07) is 52.2. The van der Waals surface area contributed by atoms with E-state index in [0.29, 0.717) is 0 Å².